The van der Waals surface area contributed by atoms with Crippen molar-refractivity contribution in [2.45, 2.75) is 45.4 Å². The largest absolute Gasteiger partial charge is 0.481 e. The summed E-state index contributed by atoms with van der Waals surface area (Å²) < 4.78 is 7.06. The summed E-state index contributed by atoms with van der Waals surface area (Å²) in [6.07, 6.45) is 3.80. The maximum Gasteiger partial charge on any atom is 0.303 e. The van der Waals surface area contributed by atoms with E-state index >= 15 is 0 Å². The molecular weight excluding hydrogens is 128 g/mol. The quantitative estimate of drug-likeness (QED) is 0.583. The van der Waals surface area contributed by atoms with E-state index in [1.54, 1.807) is 0 Å². The smallest absolute Gasteiger partial charge is 0.303 e. The van der Waals surface area contributed by atoms with Crippen molar-refractivity contribution >= 4 is 5.97 Å². The van der Waals surface area contributed by atoms with Gasteiger partial charge in [0.15, 0.2) is 0 Å². The van der Waals surface area contributed by atoms with Crippen LogP contribution in [-0.4, -0.2) is 11.1 Å². The van der Waals surface area contributed by atoms with Crippen LogP contribution in [-0.2, 0) is 4.79 Å². The molecule has 0 saturated carbocycles. The van der Waals surface area contributed by atoms with Gasteiger partial charge in [0.2, 0.25) is 0 Å². The van der Waals surface area contributed by atoms with E-state index in [9.17, 15) is 4.79 Å². The SMILES string of the molecule is [2H]C(CCCCCC)C(=O)O. The zero-order chi connectivity index (χ0) is 8.69. The van der Waals surface area contributed by atoms with E-state index in [1.807, 2.05) is 0 Å². The minimum atomic E-state index is -0.999. The third-order valence-electron chi connectivity index (χ3n) is 1.38. The third-order valence-corrected chi connectivity index (χ3v) is 1.38. The molecule has 60 valence electrons. The van der Waals surface area contributed by atoms with E-state index in [0.717, 1.165) is 25.7 Å². The maximum atomic E-state index is 10.2. The minimum absolute atomic E-state index is 0.495. The molecule has 0 amide bonds. The van der Waals surface area contributed by atoms with Gasteiger partial charge < -0.3 is 5.11 Å². The molecule has 2 nitrogen and oxygen atoms in total. The lowest BCUT2D eigenvalue weighted by Gasteiger charge is -1.95. The van der Waals surface area contributed by atoms with Gasteiger partial charge in [0.05, 0.1) is 0 Å². The molecule has 0 aliphatic heterocycles. The lowest BCUT2D eigenvalue weighted by molar-refractivity contribution is -0.137. The molecule has 0 fully saturated rings. The molecular formula is C8H16O2. The number of hydrogen-bond acceptors (Lipinski definition) is 1. The number of aliphatic carboxylic acids is 1. The topological polar surface area (TPSA) is 37.3 Å². The first kappa shape index (κ1) is 7.58. The summed E-state index contributed by atoms with van der Waals surface area (Å²) in [6, 6.07) is 0. The Balaban J connectivity index is 3.17. The summed E-state index contributed by atoms with van der Waals surface area (Å²) in [6.45, 7) is 2.11. The standard InChI is InChI=1S/C8H16O2/c1-2-3-4-5-6-7-8(9)10/h2-7H2,1H3,(H,9,10)/i7D. The van der Waals surface area contributed by atoms with Gasteiger partial charge in [-0.25, -0.2) is 0 Å². The van der Waals surface area contributed by atoms with Crippen molar-refractivity contribution in [3.63, 3.8) is 0 Å². The highest BCUT2D eigenvalue weighted by Gasteiger charge is 1.94. The first-order valence-electron chi connectivity index (χ1n) is 4.41. The fraction of sp³-hybridized carbons (Fsp3) is 0.875. The number of carbonyl (C=O) groups is 1. The van der Waals surface area contributed by atoms with E-state index in [4.69, 9.17) is 6.48 Å². The Morgan fingerprint density at radius 1 is 1.40 bits per heavy atom. The third kappa shape index (κ3) is 7.47. The molecule has 0 aliphatic carbocycles. The van der Waals surface area contributed by atoms with Crippen LogP contribution >= 0.6 is 0 Å². The summed E-state index contributed by atoms with van der Waals surface area (Å²) in [7, 11) is 0. The van der Waals surface area contributed by atoms with E-state index in [-0.39, 0.29) is 0 Å². The van der Waals surface area contributed by atoms with Gasteiger partial charge in [-0.3, -0.25) is 4.79 Å². The van der Waals surface area contributed by atoms with Crippen LogP contribution in [0, 0.1) is 0 Å². The molecule has 0 bridgehead atoms. The number of hydrogen-bond donors (Lipinski definition) is 1. The lowest BCUT2D eigenvalue weighted by Crippen LogP contribution is -1.93. The first-order chi connectivity index (χ1) is 5.18. The molecule has 0 spiro atoms. The number of carboxylic acid groups (broad SMARTS) is 1. The molecule has 0 rings (SSSR count). The molecule has 1 unspecified atom stereocenters. The van der Waals surface area contributed by atoms with Gasteiger partial charge in [0, 0.05) is 7.77 Å². The lowest BCUT2D eigenvalue weighted by atomic mass is 10.1. The van der Waals surface area contributed by atoms with Gasteiger partial charge in [-0.2, -0.15) is 0 Å². The summed E-state index contributed by atoms with van der Waals surface area (Å²) in [5.74, 6) is -0.999. The van der Waals surface area contributed by atoms with Crippen molar-refractivity contribution in [2.24, 2.45) is 0 Å². The molecule has 0 aromatic heterocycles. The number of carboxylic acids is 1. The van der Waals surface area contributed by atoms with Crippen molar-refractivity contribution in [1.82, 2.24) is 0 Å². The van der Waals surface area contributed by atoms with Crippen LogP contribution in [0.5, 0.6) is 0 Å². The molecule has 0 heterocycles. The Labute approximate surface area is 63.7 Å². The highest BCUT2D eigenvalue weighted by molar-refractivity contribution is 5.66. The van der Waals surface area contributed by atoms with Crippen molar-refractivity contribution in [3.8, 4) is 0 Å². The second-order valence-corrected chi connectivity index (χ2v) is 2.39. The summed E-state index contributed by atoms with van der Waals surface area (Å²) in [5, 5.41) is 8.35. The van der Waals surface area contributed by atoms with Crippen LogP contribution in [0.15, 0.2) is 0 Å². The zero-order valence-electron chi connectivity index (χ0n) is 7.47. The van der Waals surface area contributed by atoms with Gasteiger partial charge in [0.25, 0.3) is 0 Å². The van der Waals surface area contributed by atoms with Crippen molar-refractivity contribution < 1.29 is 11.3 Å². The monoisotopic (exact) mass is 145 g/mol. The summed E-state index contributed by atoms with van der Waals surface area (Å²) in [4.78, 5) is 10.2. The van der Waals surface area contributed by atoms with E-state index in [0.29, 0.717) is 6.42 Å². The molecule has 2 heteroatoms. The fourth-order valence-corrected chi connectivity index (χ4v) is 0.797. The number of rotatable bonds is 6. The minimum Gasteiger partial charge on any atom is -0.481 e. The van der Waals surface area contributed by atoms with E-state index in [1.165, 1.54) is 0 Å². The average molecular weight is 145 g/mol. The first-order valence-corrected chi connectivity index (χ1v) is 3.83. The van der Waals surface area contributed by atoms with Crippen molar-refractivity contribution in [3.05, 3.63) is 0 Å². The molecule has 0 saturated heterocycles. The summed E-state index contributed by atoms with van der Waals surface area (Å²) >= 11 is 0. The van der Waals surface area contributed by atoms with Crippen LogP contribution < -0.4 is 0 Å². The van der Waals surface area contributed by atoms with Gasteiger partial charge in [-0.15, -0.1) is 0 Å². The molecule has 1 atom stereocenters. The highest BCUT2D eigenvalue weighted by atomic mass is 16.4. The van der Waals surface area contributed by atoms with Crippen LogP contribution in [0.25, 0.3) is 0 Å². The Hall–Kier alpha value is -0.530. The fourth-order valence-electron chi connectivity index (χ4n) is 0.797. The molecule has 10 heavy (non-hydrogen) atoms. The van der Waals surface area contributed by atoms with Crippen LogP contribution in [0.1, 0.15) is 46.8 Å². The van der Waals surface area contributed by atoms with Gasteiger partial charge >= 0.3 is 5.97 Å². The Bertz CT molecular complexity index is 115. The predicted molar refractivity (Wildman–Crippen MR) is 41.0 cm³/mol. The van der Waals surface area contributed by atoms with Crippen molar-refractivity contribution in [2.75, 3.05) is 0 Å². The highest BCUT2D eigenvalue weighted by Crippen LogP contribution is 2.04. The predicted octanol–water partition coefficient (Wildman–Crippen LogP) is 2.43. The van der Waals surface area contributed by atoms with Gasteiger partial charge in [0.1, 0.15) is 0 Å². The van der Waals surface area contributed by atoms with Crippen LogP contribution in [0.3, 0.4) is 0 Å². The molecule has 0 aromatic carbocycles. The maximum absolute atomic E-state index is 10.2. The Morgan fingerprint density at radius 3 is 2.50 bits per heavy atom. The molecule has 0 radical (unpaired) electrons. The van der Waals surface area contributed by atoms with Crippen LogP contribution in [0.2, 0.25) is 0 Å². The zero-order valence-corrected chi connectivity index (χ0v) is 6.47. The number of unbranched alkanes of at least 4 members (excludes halogenated alkanes) is 3. The summed E-state index contributed by atoms with van der Waals surface area (Å²) in [5.41, 5.74) is 0. The molecule has 1 N–H and O–H groups in total. The van der Waals surface area contributed by atoms with Gasteiger partial charge in [-0.1, -0.05) is 32.6 Å². The van der Waals surface area contributed by atoms with Crippen molar-refractivity contribution in [1.29, 1.82) is 0 Å². The second-order valence-electron chi connectivity index (χ2n) is 2.39. The van der Waals surface area contributed by atoms with Gasteiger partial charge in [-0.05, 0) is 6.42 Å². The Kier molecular flexibility index (Phi) is 4.99. The normalized spacial score (nSPS) is 14.3. The van der Waals surface area contributed by atoms with Crippen LogP contribution in [0.4, 0.5) is 0 Å². The molecule has 0 aromatic rings. The second kappa shape index (κ2) is 6.59. The van der Waals surface area contributed by atoms with E-state index in [2.05, 4.69) is 6.92 Å². The van der Waals surface area contributed by atoms with E-state index < -0.39 is 12.4 Å². The average Bonchev–Trinajstić information content (AvgIpc) is 1.97. The molecule has 0 aliphatic rings. The Morgan fingerprint density at radius 2 is 2.00 bits per heavy atom.